The molecular formula is C25H27N3O4. The first-order valence-corrected chi connectivity index (χ1v) is 10.3. The smallest absolute Gasteiger partial charge is 0.276 e. The van der Waals surface area contributed by atoms with Gasteiger partial charge in [-0.15, -0.1) is 0 Å². The first kappa shape index (κ1) is 22.8. The number of hydrogen-bond donors (Lipinski definition) is 1. The van der Waals surface area contributed by atoms with Crippen molar-refractivity contribution in [2.75, 3.05) is 7.11 Å². The van der Waals surface area contributed by atoms with E-state index in [-0.39, 0.29) is 17.2 Å². The van der Waals surface area contributed by atoms with Crippen LogP contribution in [0.5, 0.6) is 11.5 Å². The molecule has 3 aromatic rings. The van der Waals surface area contributed by atoms with Crippen LogP contribution < -0.4 is 20.5 Å². The van der Waals surface area contributed by atoms with Crippen molar-refractivity contribution in [2.24, 2.45) is 5.10 Å². The average molecular weight is 434 g/mol. The highest BCUT2D eigenvalue weighted by molar-refractivity contribution is 5.94. The lowest BCUT2D eigenvalue weighted by atomic mass is 10.1. The standard InChI is InChI=1S/C25H27N3O4/c1-17(2)32-22-11-10-19(14-23(22)31-4)15-26-27-24(29)21-9-6-12-28(25(21)30)16-20-8-5-7-18(3)13-20/h5-15,17H,16H2,1-4H3,(H,27,29)/b26-15-. The molecule has 0 saturated carbocycles. The van der Waals surface area contributed by atoms with E-state index in [1.807, 2.05) is 45.0 Å². The van der Waals surface area contributed by atoms with Gasteiger partial charge in [0, 0.05) is 6.20 Å². The summed E-state index contributed by atoms with van der Waals surface area (Å²) in [6.07, 6.45) is 3.16. The van der Waals surface area contributed by atoms with E-state index >= 15 is 0 Å². The molecule has 7 heteroatoms. The van der Waals surface area contributed by atoms with Crippen LogP contribution in [0.1, 0.15) is 40.9 Å². The van der Waals surface area contributed by atoms with Crippen molar-refractivity contribution in [3.63, 3.8) is 0 Å². The summed E-state index contributed by atoms with van der Waals surface area (Å²) in [4.78, 5) is 25.3. The largest absolute Gasteiger partial charge is 0.493 e. The zero-order chi connectivity index (χ0) is 23.1. The highest BCUT2D eigenvalue weighted by Crippen LogP contribution is 2.28. The summed E-state index contributed by atoms with van der Waals surface area (Å²) in [5, 5.41) is 3.98. The van der Waals surface area contributed by atoms with E-state index in [0.29, 0.717) is 23.6 Å². The molecule has 1 heterocycles. The van der Waals surface area contributed by atoms with E-state index in [1.54, 1.807) is 37.6 Å². The number of carbonyl (C=O) groups is 1. The monoisotopic (exact) mass is 433 g/mol. The second-order valence-electron chi connectivity index (χ2n) is 7.62. The lowest BCUT2D eigenvalue weighted by Crippen LogP contribution is -2.30. The Kier molecular flexibility index (Phi) is 7.44. The Morgan fingerprint density at radius 2 is 1.94 bits per heavy atom. The Morgan fingerprint density at radius 1 is 1.12 bits per heavy atom. The SMILES string of the molecule is COc1cc(/C=N\NC(=O)c2cccn(Cc3cccc(C)c3)c2=O)ccc1OC(C)C. The first-order valence-electron chi connectivity index (χ1n) is 10.3. The summed E-state index contributed by atoms with van der Waals surface area (Å²) >= 11 is 0. The molecule has 7 nitrogen and oxygen atoms in total. The number of aryl methyl sites for hydroxylation is 1. The van der Waals surface area contributed by atoms with Gasteiger partial charge in [-0.3, -0.25) is 9.59 Å². The molecular weight excluding hydrogens is 406 g/mol. The molecule has 1 amide bonds. The van der Waals surface area contributed by atoms with E-state index in [9.17, 15) is 9.59 Å². The van der Waals surface area contributed by atoms with E-state index in [1.165, 1.54) is 16.8 Å². The lowest BCUT2D eigenvalue weighted by molar-refractivity contribution is 0.0953. The van der Waals surface area contributed by atoms with E-state index in [2.05, 4.69) is 10.5 Å². The number of pyridine rings is 1. The minimum atomic E-state index is -0.573. The molecule has 0 unspecified atom stereocenters. The average Bonchev–Trinajstić information content (AvgIpc) is 2.75. The van der Waals surface area contributed by atoms with Crippen molar-refractivity contribution in [1.82, 2.24) is 9.99 Å². The first-order chi connectivity index (χ1) is 15.4. The number of ether oxygens (including phenoxy) is 2. The minimum absolute atomic E-state index is 0.0172. The maximum Gasteiger partial charge on any atom is 0.276 e. The summed E-state index contributed by atoms with van der Waals surface area (Å²) in [7, 11) is 1.56. The normalized spacial score (nSPS) is 11.0. The quantitative estimate of drug-likeness (QED) is 0.433. The summed E-state index contributed by atoms with van der Waals surface area (Å²) in [5.41, 5.74) is 4.87. The second-order valence-corrected chi connectivity index (χ2v) is 7.62. The lowest BCUT2D eigenvalue weighted by Gasteiger charge is -2.13. The molecule has 2 aromatic carbocycles. The number of amides is 1. The van der Waals surface area contributed by atoms with Gasteiger partial charge in [-0.1, -0.05) is 29.8 Å². The molecule has 0 saturated heterocycles. The minimum Gasteiger partial charge on any atom is -0.493 e. The Bertz CT molecular complexity index is 1180. The van der Waals surface area contributed by atoms with Crippen LogP contribution in [0, 0.1) is 6.92 Å². The summed E-state index contributed by atoms with van der Waals surface area (Å²) < 4.78 is 12.5. The van der Waals surface area contributed by atoms with Crippen LogP contribution in [0.15, 0.2) is 70.7 Å². The van der Waals surface area contributed by atoms with E-state index < -0.39 is 5.91 Å². The number of nitrogens with one attached hydrogen (secondary N) is 1. The molecule has 0 radical (unpaired) electrons. The zero-order valence-corrected chi connectivity index (χ0v) is 18.7. The fraction of sp³-hybridized carbons (Fsp3) is 0.240. The van der Waals surface area contributed by atoms with Crippen LogP contribution in [-0.2, 0) is 6.54 Å². The molecule has 3 rings (SSSR count). The number of rotatable bonds is 8. The third-order valence-corrected chi connectivity index (χ3v) is 4.63. The maximum atomic E-state index is 12.8. The molecule has 0 atom stereocenters. The maximum absolute atomic E-state index is 12.8. The molecule has 0 spiro atoms. The van der Waals surface area contributed by atoms with Gasteiger partial charge in [0.2, 0.25) is 0 Å². The number of methoxy groups -OCH3 is 1. The van der Waals surface area contributed by atoms with Gasteiger partial charge >= 0.3 is 0 Å². The fourth-order valence-electron chi connectivity index (χ4n) is 3.18. The molecule has 0 aliphatic heterocycles. The van der Waals surface area contributed by atoms with Gasteiger partial charge in [-0.2, -0.15) is 5.10 Å². The third kappa shape index (κ3) is 5.85. The number of aromatic nitrogens is 1. The highest BCUT2D eigenvalue weighted by Gasteiger charge is 2.12. The summed E-state index contributed by atoms with van der Waals surface area (Å²) in [5.74, 6) is 0.620. The molecule has 0 bridgehead atoms. The van der Waals surface area contributed by atoms with Crippen LogP contribution in [-0.4, -0.2) is 29.9 Å². The van der Waals surface area contributed by atoms with Gasteiger partial charge in [-0.25, -0.2) is 5.43 Å². The fourth-order valence-corrected chi connectivity index (χ4v) is 3.18. The molecule has 32 heavy (non-hydrogen) atoms. The van der Waals surface area contributed by atoms with Crippen LogP contribution in [0.3, 0.4) is 0 Å². The molecule has 166 valence electrons. The molecule has 0 aliphatic rings. The van der Waals surface area contributed by atoms with Gasteiger partial charge in [0.1, 0.15) is 5.56 Å². The Morgan fingerprint density at radius 3 is 2.66 bits per heavy atom. The van der Waals surface area contributed by atoms with Crippen LogP contribution >= 0.6 is 0 Å². The number of nitrogens with zero attached hydrogens (tertiary/aromatic N) is 2. The van der Waals surface area contributed by atoms with Crippen LogP contribution in [0.2, 0.25) is 0 Å². The number of hydrogen-bond acceptors (Lipinski definition) is 5. The molecule has 0 aliphatic carbocycles. The molecule has 0 fully saturated rings. The van der Waals surface area contributed by atoms with Gasteiger partial charge < -0.3 is 14.0 Å². The summed E-state index contributed by atoms with van der Waals surface area (Å²) in [6.45, 7) is 6.25. The molecule has 1 aromatic heterocycles. The number of carbonyl (C=O) groups excluding carboxylic acids is 1. The van der Waals surface area contributed by atoms with Gasteiger partial charge in [0.15, 0.2) is 11.5 Å². The van der Waals surface area contributed by atoms with E-state index in [4.69, 9.17) is 9.47 Å². The van der Waals surface area contributed by atoms with Crippen molar-refractivity contribution in [2.45, 2.75) is 33.4 Å². The predicted octanol–water partition coefficient (Wildman–Crippen LogP) is 3.76. The van der Waals surface area contributed by atoms with Crippen molar-refractivity contribution >= 4 is 12.1 Å². The van der Waals surface area contributed by atoms with Gasteiger partial charge in [-0.05, 0) is 62.2 Å². The Balaban J connectivity index is 1.71. The number of hydrazone groups is 1. The highest BCUT2D eigenvalue weighted by atomic mass is 16.5. The van der Waals surface area contributed by atoms with Crippen molar-refractivity contribution < 1.29 is 14.3 Å². The van der Waals surface area contributed by atoms with Gasteiger partial charge in [0.25, 0.3) is 11.5 Å². The Labute approximate surface area is 187 Å². The van der Waals surface area contributed by atoms with Crippen molar-refractivity contribution in [3.05, 3.63) is 93.4 Å². The Hall–Kier alpha value is -3.87. The van der Waals surface area contributed by atoms with Crippen LogP contribution in [0.25, 0.3) is 0 Å². The van der Waals surface area contributed by atoms with E-state index in [0.717, 1.165) is 11.1 Å². The number of benzene rings is 2. The third-order valence-electron chi connectivity index (χ3n) is 4.63. The molecule has 1 N–H and O–H groups in total. The zero-order valence-electron chi connectivity index (χ0n) is 18.7. The van der Waals surface area contributed by atoms with Crippen molar-refractivity contribution in [3.8, 4) is 11.5 Å². The summed E-state index contributed by atoms with van der Waals surface area (Å²) in [6, 6.07) is 16.4. The van der Waals surface area contributed by atoms with Gasteiger partial charge in [0.05, 0.1) is 26.0 Å². The van der Waals surface area contributed by atoms with Crippen LogP contribution in [0.4, 0.5) is 0 Å². The topological polar surface area (TPSA) is 81.9 Å². The predicted molar refractivity (Wildman–Crippen MR) is 125 cm³/mol. The second kappa shape index (κ2) is 10.4. The van der Waals surface area contributed by atoms with Crippen molar-refractivity contribution in [1.29, 1.82) is 0 Å².